The molecule has 1 saturated carbocycles. The van der Waals surface area contributed by atoms with Crippen molar-refractivity contribution >= 4 is 15.7 Å². The van der Waals surface area contributed by atoms with Gasteiger partial charge in [-0.15, -0.1) is 0 Å². The number of piperazine rings is 1. The smallest absolute Gasteiger partial charge is 0.233 e. The van der Waals surface area contributed by atoms with Crippen molar-refractivity contribution in [2.24, 2.45) is 0 Å². The van der Waals surface area contributed by atoms with E-state index >= 15 is 0 Å². The molecule has 8 heteroatoms. The van der Waals surface area contributed by atoms with Gasteiger partial charge < -0.3 is 14.4 Å². The van der Waals surface area contributed by atoms with Crippen LogP contribution in [0.2, 0.25) is 0 Å². The predicted octanol–water partition coefficient (Wildman–Crippen LogP) is 1.46. The number of amides is 1. The van der Waals surface area contributed by atoms with Gasteiger partial charge in [0.15, 0.2) is 11.5 Å². The second-order valence-corrected chi connectivity index (χ2v) is 10.7. The first-order valence-corrected chi connectivity index (χ1v) is 12.5. The Hall–Kier alpha value is -1.80. The number of rotatable bonds is 5. The number of carbonyl (C=O) groups is 1. The summed E-state index contributed by atoms with van der Waals surface area (Å²) in [4.78, 5) is 17.8. The Kier molecular flexibility index (Phi) is 5.75. The predicted molar refractivity (Wildman–Crippen MR) is 110 cm³/mol. The maximum Gasteiger partial charge on any atom is 0.233 e. The Balaban J connectivity index is 1.47. The second kappa shape index (κ2) is 8.14. The van der Waals surface area contributed by atoms with Gasteiger partial charge in [-0.05, 0) is 30.5 Å². The highest BCUT2D eigenvalue weighted by Crippen LogP contribution is 2.45. The molecule has 0 bridgehead atoms. The molecule has 4 rings (SSSR count). The molecule has 0 atom stereocenters. The maximum absolute atomic E-state index is 13.7. The van der Waals surface area contributed by atoms with Crippen molar-refractivity contribution in [3.8, 4) is 11.5 Å². The highest BCUT2D eigenvalue weighted by molar-refractivity contribution is 7.90. The van der Waals surface area contributed by atoms with Gasteiger partial charge in [0.05, 0.1) is 11.2 Å². The summed E-state index contributed by atoms with van der Waals surface area (Å²) in [6, 6.07) is 5.96. The van der Waals surface area contributed by atoms with Crippen molar-refractivity contribution in [2.75, 3.05) is 57.9 Å². The second-order valence-electron chi connectivity index (χ2n) is 8.41. The summed E-state index contributed by atoms with van der Waals surface area (Å²) >= 11 is 0. The number of sulfone groups is 1. The van der Waals surface area contributed by atoms with E-state index in [-0.39, 0.29) is 11.7 Å². The van der Waals surface area contributed by atoms with Gasteiger partial charge in [0, 0.05) is 39.0 Å². The van der Waals surface area contributed by atoms with Gasteiger partial charge in [0.2, 0.25) is 5.91 Å². The molecule has 0 aromatic heterocycles. The van der Waals surface area contributed by atoms with Crippen LogP contribution in [0.3, 0.4) is 0 Å². The van der Waals surface area contributed by atoms with Crippen LogP contribution in [0.1, 0.15) is 31.2 Å². The van der Waals surface area contributed by atoms with E-state index < -0.39 is 15.3 Å². The molecular formula is C21H30N2O5S. The van der Waals surface area contributed by atoms with Crippen LogP contribution in [-0.2, 0) is 20.0 Å². The molecule has 0 unspecified atom stereocenters. The first-order valence-electron chi connectivity index (χ1n) is 10.5. The molecule has 29 heavy (non-hydrogen) atoms. The molecule has 0 N–H and O–H groups in total. The van der Waals surface area contributed by atoms with E-state index in [1.165, 1.54) is 6.26 Å². The van der Waals surface area contributed by atoms with E-state index in [1.54, 1.807) is 0 Å². The molecule has 0 spiro atoms. The lowest BCUT2D eigenvalue weighted by molar-refractivity contribution is -0.139. The number of benzene rings is 1. The summed E-state index contributed by atoms with van der Waals surface area (Å²) < 4.78 is 34.2. The Labute approximate surface area is 172 Å². The van der Waals surface area contributed by atoms with E-state index in [0.717, 1.165) is 55.8 Å². The van der Waals surface area contributed by atoms with Gasteiger partial charge in [-0.1, -0.05) is 18.9 Å². The van der Waals surface area contributed by atoms with Gasteiger partial charge in [-0.2, -0.15) is 0 Å². The zero-order valence-electron chi connectivity index (χ0n) is 17.1. The summed E-state index contributed by atoms with van der Waals surface area (Å²) in [5.74, 6) is 1.86. The molecular weight excluding hydrogens is 392 g/mol. The third-order valence-corrected chi connectivity index (χ3v) is 7.32. The van der Waals surface area contributed by atoms with Crippen molar-refractivity contribution in [3.05, 3.63) is 23.8 Å². The van der Waals surface area contributed by atoms with Gasteiger partial charge in [0.1, 0.15) is 23.1 Å². The molecule has 2 fully saturated rings. The van der Waals surface area contributed by atoms with Crippen LogP contribution >= 0.6 is 0 Å². The number of nitrogens with zero attached hydrogens (tertiary/aromatic N) is 2. The summed E-state index contributed by atoms with van der Waals surface area (Å²) in [5.41, 5.74) is 0.550. The number of hydrogen-bond acceptors (Lipinski definition) is 6. The fourth-order valence-electron chi connectivity index (χ4n) is 4.72. The van der Waals surface area contributed by atoms with Crippen molar-refractivity contribution in [3.63, 3.8) is 0 Å². The Morgan fingerprint density at radius 3 is 2.34 bits per heavy atom. The van der Waals surface area contributed by atoms with Crippen LogP contribution in [0.4, 0.5) is 0 Å². The molecule has 2 heterocycles. The van der Waals surface area contributed by atoms with Crippen molar-refractivity contribution in [2.45, 2.75) is 31.1 Å². The van der Waals surface area contributed by atoms with Crippen molar-refractivity contribution in [1.82, 2.24) is 9.80 Å². The van der Waals surface area contributed by atoms with Crippen LogP contribution in [-0.4, -0.2) is 82.1 Å². The van der Waals surface area contributed by atoms with Crippen LogP contribution < -0.4 is 9.47 Å². The zero-order valence-corrected chi connectivity index (χ0v) is 17.9. The standard InChI is InChI=1S/C21H30N2O5S/c1-29(25,26)15-12-22-8-10-23(11-9-22)20(24)21(6-2-3-7-21)17-4-5-18-19(16-17)28-14-13-27-18/h4-5,16H,2-3,6-15H2,1H3. The molecule has 1 saturated heterocycles. The van der Waals surface area contributed by atoms with Gasteiger partial charge in [-0.3, -0.25) is 9.69 Å². The van der Waals surface area contributed by atoms with E-state index in [1.807, 2.05) is 23.1 Å². The largest absolute Gasteiger partial charge is 0.486 e. The minimum Gasteiger partial charge on any atom is -0.486 e. The first-order chi connectivity index (χ1) is 13.9. The molecule has 0 radical (unpaired) electrons. The molecule has 160 valence electrons. The summed E-state index contributed by atoms with van der Waals surface area (Å²) in [6.45, 7) is 4.36. The zero-order chi connectivity index (χ0) is 20.5. The quantitative estimate of drug-likeness (QED) is 0.715. The minimum absolute atomic E-state index is 0.169. The fourth-order valence-corrected chi connectivity index (χ4v) is 5.31. The average Bonchev–Trinajstić information content (AvgIpc) is 3.22. The number of ether oxygens (including phenoxy) is 2. The minimum atomic E-state index is -2.96. The van der Waals surface area contributed by atoms with Gasteiger partial charge >= 0.3 is 0 Å². The summed E-state index contributed by atoms with van der Waals surface area (Å²) in [5, 5.41) is 0. The van der Waals surface area contributed by atoms with Crippen molar-refractivity contribution in [1.29, 1.82) is 0 Å². The molecule has 3 aliphatic rings. The normalized spacial score (nSPS) is 21.9. The molecule has 2 aliphatic heterocycles. The first kappa shape index (κ1) is 20.5. The van der Waals surface area contributed by atoms with E-state index in [2.05, 4.69) is 4.90 Å². The Bertz CT molecular complexity index is 856. The lowest BCUT2D eigenvalue weighted by Gasteiger charge is -2.40. The topological polar surface area (TPSA) is 76.2 Å². The SMILES string of the molecule is CS(=O)(=O)CCN1CCN(C(=O)C2(c3ccc4c(c3)OCCO4)CCCC2)CC1. The van der Waals surface area contributed by atoms with Gasteiger partial charge in [-0.25, -0.2) is 8.42 Å². The summed E-state index contributed by atoms with van der Waals surface area (Å²) in [7, 11) is -2.96. The lowest BCUT2D eigenvalue weighted by Crippen LogP contribution is -2.54. The Morgan fingerprint density at radius 2 is 1.69 bits per heavy atom. The van der Waals surface area contributed by atoms with E-state index in [0.29, 0.717) is 32.8 Å². The van der Waals surface area contributed by atoms with Crippen LogP contribution in [0, 0.1) is 0 Å². The summed E-state index contributed by atoms with van der Waals surface area (Å²) in [6.07, 6.45) is 5.09. The van der Waals surface area contributed by atoms with E-state index in [9.17, 15) is 13.2 Å². The highest BCUT2D eigenvalue weighted by atomic mass is 32.2. The molecule has 1 amide bonds. The molecule has 1 aromatic rings. The monoisotopic (exact) mass is 422 g/mol. The third kappa shape index (κ3) is 4.38. The van der Waals surface area contributed by atoms with E-state index in [4.69, 9.17) is 9.47 Å². The average molecular weight is 423 g/mol. The fraction of sp³-hybridized carbons (Fsp3) is 0.667. The van der Waals surface area contributed by atoms with Crippen LogP contribution in [0.25, 0.3) is 0 Å². The highest BCUT2D eigenvalue weighted by Gasteiger charge is 2.45. The maximum atomic E-state index is 13.7. The number of carbonyl (C=O) groups excluding carboxylic acids is 1. The van der Waals surface area contributed by atoms with Crippen LogP contribution in [0.15, 0.2) is 18.2 Å². The molecule has 1 aromatic carbocycles. The van der Waals surface area contributed by atoms with Crippen molar-refractivity contribution < 1.29 is 22.7 Å². The molecule has 7 nitrogen and oxygen atoms in total. The Morgan fingerprint density at radius 1 is 1.03 bits per heavy atom. The number of hydrogen-bond donors (Lipinski definition) is 0. The van der Waals surface area contributed by atoms with Crippen LogP contribution in [0.5, 0.6) is 11.5 Å². The van der Waals surface area contributed by atoms with Gasteiger partial charge in [0.25, 0.3) is 0 Å². The number of fused-ring (bicyclic) bond motifs is 1. The molecule has 1 aliphatic carbocycles. The lowest BCUT2D eigenvalue weighted by atomic mass is 9.77. The third-order valence-electron chi connectivity index (χ3n) is 6.40.